The average molecular weight is 249 g/mol. The van der Waals surface area contributed by atoms with E-state index in [1.165, 1.54) is 0 Å². The van der Waals surface area contributed by atoms with Gasteiger partial charge in [-0.05, 0) is 36.6 Å². The Hall–Kier alpha value is -1.75. The van der Waals surface area contributed by atoms with E-state index < -0.39 is 5.97 Å². The van der Waals surface area contributed by atoms with Crippen LogP contribution in [0.15, 0.2) is 12.1 Å². The molecule has 18 heavy (non-hydrogen) atoms. The minimum Gasteiger partial charge on any atom is -0.480 e. The Kier molecular flexibility index (Phi) is 2.63. The monoisotopic (exact) mass is 249 g/mol. The van der Waals surface area contributed by atoms with Crippen molar-refractivity contribution in [1.29, 1.82) is 0 Å². The van der Waals surface area contributed by atoms with E-state index in [0.717, 1.165) is 35.6 Å². The first-order valence-corrected chi connectivity index (χ1v) is 6.01. The molecule has 0 aliphatic carbocycles. The summed E-state index contributed by atoms with van der Waals surface area (Å²) in [6.07, 6.45) is 0.735. The number of hydrogen-bond donors (Lipinski definition) is 1. The molecule has 0 saturated carbocycles. The van der Waals surface area contributed by atoms with E-state index in [0.29, 0.717) is 6.54 Å². The third kappa shape index (κ3) is 1.80. The molecular formula is C13H15NO4. The van der Waals surface area contributed by atoms with Crippen LogP contribution in [0.2, 0.25) is 0 Å². The second-order valence-electron chi connectivity index (χ2n) is 4.75. The van der Waals surface area contributed by atoms with Crippen LogP contribution in [-0.4, -0.2) is 35.4 Å². The number of ether oxygens (including phenoxy) is 2. The first kappa shape index (κ1) is 11.3. The predicted molar refractivity (Wildman–Crippen MR) is 63.8 cm³/mol. The lowest BCUT2D eigenvalue weighted by Crippen LogP contribution is -2.51. The standard InChI is InChI=1S/C13H15NO4/c1-8-4-11-12(18-7-17-11)5-9(8)6-14-3-2-10(14)13(15)16/h4-5,10H,2-3,6-7H2,1H3,(H,15,16)/t10-/m1/s1. The summed E-state index contributed by atoms with van der Waals surface area (Å²) in [6.45, 7) is 3.76. The van der Waals surface area contributed by atoms with Gasteiger partial charge in [0.1, 0.15) is 6.04 Å². The van der Waals surface area contributed by atoms with Gasteiger partial charge in [-0.2, -0.15) is 0 Å². The number of fused-ring (bicyclic) bond motifs is 1. The minimum atomic E-state index is -0.736. The molecule has 1 aromatic rings. The minimum absolute atomic E-state index is 0.264. The molecule has 1 atom stereocenters. The maximum Gasteiger partial charge on any atom is 0.320 e. The quantitative estimate of drug-likeness (QED) is 0.877. The van der Waals surface area contributed by atoms with Crippen molar-refractivity contribution in [3.05, 3.63) is 23.3 Å². The Morgan fingerprint density at radius 2 is 2.17 bits per heavy atom. The number of nitrogens with zero attached hydrogens (tertiary/aromatic N) is 1. The van der Waals surface area contributed by atoms with Crippen LogP contribution in [0.1, 0.15) is 17.5 Å². The molecule has 0 spiro atoms. The molecule has 3 rings (SSSR count). The van der Waals surface area contributed by atoms with E-state index in [-0.39, 0.29) is 12.8 Å². The van der Waals surface area contributed by atoms with Gasteiger partial charge in [-0.15, -0.1) is 0 Å². The highest BCUT2D eigenvalue weighted by molar-refractivity contribution is 5.74. The van der Waals surface area contributed by atoms with Crippen LogP contribution in [0.5, 0.6) is 11.5 Å². The number of aryl methyl sites for hydroxylation is 1. The summed E-state index contributed by atoms with van der Waals surface area (Å²) in [7, 11) is 0. The van der Waals surface area contributed by atoms with Gasteiger partial charge in [0, 0.05) is 13.1 Å². The number of carboxylic acid groups (broad SMARTS) is 1. The SMILES string of the molecule is Cc1cc2c(cc1CN1CC[C@@H]1C(=O)O)OCO2. The zero-order valence-electron chi connectivity index (χ0n) is 10.2. The van der Waals surface area contributed by atoms with Crippen molar-refractivity contribution in [1.82, 2.24) is 4.90 Å². The van der Waals surface area contributed by atoms with Gasteiger partial charge in [0.2, 0.25) is 6.79 Å². The molecule has 0 radical (unpaired) electrons. The normalized spacial score (nSPS) is 21.7. The highest BCUT2D eigenvalue weighted by Crippen LogP contribution is 2.35. The molecule has 1 aromatic carbocycles. The smallest absolute Gasteiger partial charge is 0.320 e. The number of aliphatic carboxylic acids is 1. The van der Waals surface area contributed by atoms with Gasteiger partial charge in [-0.1, -0.05) is 0 Å². The number of carbonyl (C=O) groups is 1. The van der Waals surface area contributed by atoms with Crippen molar-refractivity contribution in [3.8, 4) is 11.5 Å². The largest absolute Gasteiger partial charge is 0.480 e. The summed E-state index contributed by atoms with van der Waals surface area (Å²) in [5.74, 6) is 0.789. The van der Waals surface area contributed by atoms with Crippen LogP contribution in [0.3, 0.4) is 0 Å². The Morgan fingerprint density at radius 3 is 2.78 bits per heavy atom. The van der Waals surface area contributed by atoms with Crippen molar-refractivity contribution in [2.24, 2.45) is 0 Å². The second kappa shape index (κ2) is 4.17. The Balaban J connectivity index is 1.79. The number of likely N-dealkylation sites (tertiary alicyclic amines) is 1. The molecule has 1 saturated heterocycles. The van der Waals surface area contributed by atoms with Gasteiger partial charge in [0.15, 0.2) is 11.5 Å². The maximum absolute atomic E-state index is 11.0. The van der Waals surface area contributed by atoms with E-state index >= 15 is 0 Å². The van der Waals surface area contributed by atoms with Crippen molar-refractivity contribution in [3.63, 3.8) is 0 Å². The molecule has 2 heterocycles. The Bertz CT molecular complexity index is 500. The lowest BCUT2D eigenvalue weighted by molar-refractivity contribution is -0.148. The van der Waals surface area contributed by atoms with Crippen LogP contribution >= 0.6 is 0 Å². The molecule has 1 N–H and O–H groups in total. The molecule has 0 aromatic heterocycles. The second-order valence-corrected chi connectivity index (χ2v) is 4.75. The van der Waals surface area contributed by atoms with Crippen LogP contribution in [0.25, 0.3) is 0 Å². The van der Waals surface area contributed by atoms with Gasteiger partial charge in [-0.3, -0.25) is 9.69 Å². The van der Waals surface area contributed by atoms with Crippen molar-refractivity contribution in [2.75, 3.05) is 13.3 Å². The number of hydrogen-bond acceptors (Lipinski definition) is 4. The van der Waals surface area contributed by atoms with Crippen molar-refractivity contribution >= 4 is 5.97 Å². The fraction of sp³-hybridized carbons (Fsp3) is 0.462. The van der Waals surface area contributed by atoms with E-state index in [1.807, 2.05) is 24.0 Å². The Labute approximate surface area is 105 Å². The summed E-state index contributed by atoms with van der Waals surface area (Å²) in [6, 6.07) is 3.57. The molecular weight excluding hydrogens is 234 g/mol. The topological polar surface area (TPSA) is 59.0 Å². The summed E-state index contributed by atoms with van der Waals surface area (Å²) in [4.78, 5) is 12.9. The average Bonchev–Trinajstić information content (AvgIpc) is 2.70. The van der Waals surface area contributed by atoms with Crippen LogP contribution in [0, 0.1) is 6.92 Å². The van der Waals surface area contributed by atoms with Crippen LogP contribution < -0.4 is 9.47 Å². The van der Waals surface area contributed by atoms with E-state index in [4.69, 9.17) is 14.6 Å². The zero-order chi connectivity index (χ0) is 12.7. The molecule has 2 aliphatic rings. The lowest BCUT2D eigenvalue weighted by atomic mass is 10.00. The van der Waals surface area contributed by atoms with Gasteiger partial charge >= 0.3 is 5.97 Å². The van der Waals surface area contributed by atoms with Crippen LogP contribution in [-0.2, 0) is 11.3 Å². The number of benzene rings is 1. The Morgan fingerprint density at radius 1 is 1.44 bits per heavy atom. The van der Waals surface area contributed by atoms with Gasteiger partial charge in [-0.25, -0.2) is 0 Å². The molecule has 96 valence electrons. The van der Waals surface area contributed by atoms with E-state index in [1.54, 1.807) is 0 Å². The lowest BCUT2D eigenvalue weighted by Gasteiger charge is -2.38. The molecule has 0 bridgehead atoms. The van der Waals surface area contributed by atoms with Gasteiger partial charge in [0.05, 0.1) is 0 Å². The van der Waals surface area contributed by atoms with E-state index in [2.05, 4.69) is 0 Å². The van der Waals surface area contributed by atoms with Crippen LogP contribution in [0.4, 0.5) is 0 Å². The van der Waals surface area contributed by atoms with E-state index in [9.17, 15) is 4.79 Å². The highest BCUT2D eigenvalue weighted by atomic mass is 16.7. The summed E-state index contributed by atoms with van der Waals surface area (Å²) >= 11 is 0. The highest BCUT2D eigenvalue weighted by Gasteiger charge is 2.34. The molecule has 5 nitrogen and oxygen atoms in total. The summed E-state index contributed by atoms with van der Waals surface area (Å²) in [5, 5.41) is 9.02. The van der Waals surface area contributed by atoms with Crippen molar-refractivity contribution in [2.45, 2.75) is 25.9 Å². The predicted octanol–water partition coefficient (Wildman–Crippen LogP) is 1.38. The van der Waals surface area contributed by atoms with Gasteiger partial charge < -0.3 is 14.6 Å². The first-order chi connectivity index (χ1) is 8.65. The molecule has 0 amide bonds. The fourth-order valence-electron chi connectivity index (χ4n) is 2.38. The van der Waals surface area contributed by atoms with Crippen molar-refractivity contribution < 1.29 is 19.4 Å². The molecule has 1 fully saturated rings. The summed E-state index contributed by atoms with van der Waals surface area (Å²) < 4.78 is 10.7. The third-order valence-electron chi connectivity index (χ3n) is 3.62. The zero-order valence-corrected chi connectivity index (χ0v) is 10.2. The van der Waals surface area contributed by atoms with Gasteiger partial charge in [0.25, 0.3) is 0 Å². The third-order valence-corrected chi connectivity index (χ3v) is 3.62. The molecule has 2 aliphatic heterocycles. The first-order valence-electron chi connectivity index (χ1n) is 6.01. The molecule has 0 unspecified atom stereocenters. The number of carboxylic acids is 1. The summed E-state index contributed by atoms with van der Waals surface area (Å²) in [5.41, 5.74) is 2.21. The number of rotatable bonds is 3. The fourth-order valence-corrected chi connectivity index (χ4v) is 2.38. The maximum atomic E-state index is 11.0. The molecule has 5 heteroatoms.